The molecule has 0 spiro atoms. The largest absolute Gasteiger partial charge is 0.508 e. The molecule has 2 aromatic carbocycles. The van der Waals surface area contributed by atoms with Crippen molar-refractivity contribution in [1.82, 2.24) is 16.0 Å². The van der Waals surface area contributed by atoms with E-state index in [0.717, 1.165) is 0 Å². The van der Waals surface area contributed by atoms with Crippen molar-refractivity contribution in [3.63, 3.8) is 0 Å². The molecule has 0 saturated carbocycles. The Labute approximate surface area is 252 Å². The summed E-state index contributed by atoms with van der Waals surface area (Å²) in [6.07, 6.45) is -0.531. The van der Waals surface area contributed by atoms with E-state index in [-0.39, 0.29) is 49.7 Å². The molecule has 4 atom stereocenters. The van der Waals surface area contributed by atoms with E-state index in [0.29, 0.717) is 11.1 Å². The fraction of sp³-hybridized carbons (Fsp3) is 0.357. The number of amides is 4. The molecule has 4 amide bonds. The number of rotatable bonds is 17. The highest BCUT2D eigenvalue weighted by molar-refractivity contribution is 5.96. The zero-order chi connectivity index (χ0) is 32.8. The van der Waals surface area contributed by atoms with E-state index in [2.05, 4.69) is 20.9 Å². The van der Waals surface area contributed by atoms with E-state index in [1.807, 2.05) is 0 Å². The molecule has 0 aliphatic rings. The van der Waals surface area contributed by atoms with Crippen LogP contribution in [0.15, 0.2) is 53.5 Å². The van der Waals surface area contributed by atoms with Gasteiger partial charge in [0.2, 0.25) is 23.6 Å². The predicted molar refractivity (Wildman–Crippen MR) is 159 cm³/mol. The molecule has 44 heavy (non-hydrogen) atoms. The van der Waals surface area contributed by atoms with Gasteiger partial charge in [0.15, 0.2) is 5.96 Å². The average Bonchev–Trinajstić information content (AvgIpc) is 2.95. The van der Waals surface area contributed by atoms with E-state index in [1.54, 1.807) is 12.1 Å². The van der Waals surface area contributed by atoms with E-state index in [4.69, 9.17) is 22.9 Å². The van der Waals surface area contributed by atoms with Crippen LogP contribution in [0.5, 0.6) is 11.5 Å². The number of hydrogen-bond acceptors (Lipinski definition) is 9. The van der Waals surface area contributed by atoms with Gasteiger partial charge >= 0.3 is 5.97 Å². The third-order valence-electron chi connectivity index (χ3n) is 6.34. The van der Waals surface area contributed by atoms with Gasteiger partial charge in [-0.05, 0) is 54.7 Å². The smallest absolute Gasteiger partial charge is 0.326 e. The molecule has 0 aliphatic heterocycles. The van der Waals surface area contributed by atoms with Crippen LogP contribution in [0.4, 0.5) is 0 Å². The molecule has 16 heteroatoms. The summed E-state index contributed by atoms with van der Waals surface area (Å²) in [6.45, 7) is 0.124. The van der Waals surface area contributed by atoms with Crippen molar-refractivity contribution in [2.45, 2.75) is 56.3 Å². The van der Waals surface area contributed by atoms with Gasteiger partial charge in [0.25, 0.3) is 0 Å². The van der Waals surface area contributed by atoms with Crippen LogP contribution in [0.1, 0.15) is 30.4 Å². The molecule has 2 rings (SSSR count). The molecule has 16 nitrogen and oxygen atoms in total. The number of benzene rings is 2. The van der Waals surface area contributed by atoms with Gasteiger partial charge in [0.05, 0.1) is 12.5 Å². The van der Waals surface area contributed by atoms with Crippen LogP contribution in [0.2, 0.25) is 0 Å². The molecule has 14 N–H and O–H groups in total. The number of aliphatic imine (C=N–C) groups is 1. The number of primary amides is 1. The number of aromatic hydroxyl groups is 2. The number of aliphatic carboxylic acids is 1. The summed E-state index contributed by atoms with van der Waals surface area (Å²) in [4.78, 5) is 66.8. The van der Waals surface area contributed by atoms with E-state index >= 15 is 0 Å². The van der Waals surface area contributed by atoms with Crippen molar-refractivity contribution < 1.29 is 39.3 Å². The molecule has 2 aromatic rings. The van der Waals surface area contributed by atoms with Gasteiger partial charge in [-0.25, -0.2) is 4.79 Å². The van der Waals surface area contributed by atoms with Gasteiger partial charge in [-0.15, -0.1) is 0 Å². The van der Waals surface area contributed by atoms with Crippen LogP contribution in [-0.4, -0.2) is 81.6 Å². The third-order valence-corrected chi connectivity index (χ3v) is 6.34. The van der Waals surface area contributed by atoms with Gasteiger partial charge in [-0.1, -0.05) is 24.3 Å². The Kier molecular flexibility index (Phi) is 13.4. The number of phenols is 2. The van der Waals surface area contributed by atoms with E-state index < -0.39 is 60.2 Å². The highest BCUT2D eigenvalue weighted by atomic mass is 16.4. The first-order chi connectivity index (χ1) is 20.7. The summed E-state index contributed by atoms with van der Waals surface area (Å²) in [6, 6.07) is 6.30. The minimum absolute atomic E-state index is 0.0245. The summed E-state index contributed by atoms with van der Waals surface area (Å²) in [7, 11) is 0. The molecule has 0 saturated heterocycles. The number of nitrogens with two attached hydrogens (primary N) is 4. The maximum Gasteiger partial charge on any atom is 0.326 e. The lowest BCUT2D eigenvalue weighted by atomic mass is 10.0. The first-order valence-electron chi connectivity index (χ1n) is 13.5. The van der Waals surface area contributed by atoms with Gasteiger partial charge in [-0.3, -0.25) is 24.2 Å². The summed E-state index contributed by atoms with van der Waals surface area (Å²) < 4.78 is 0. The topological polar surface area (TPSA) is 299 Å². The Balaban J connectivity index is 2.21. The molecule has 0 bridgehead atoms. The Morgan fingerprint density at radius 2 is 1.18 bits per heavy atom. The second-order valence-electron chi connectivity index (χ2n) is 9.99. The van der Waals surface area contributed by atoms with E-state index in [1.165, 1.54) is 36.4 Å². The van der Waals surface area contributed by atoms with Crippen molar-refractivity contribution in [2.75, 3.05) is 6.54 Å². The highest BCUT2D eigenvalue weighted by Gasteiger charge is 2.31. The second kappa shape index (κ2) is 16.9. The number of carboxylic acid groups (broad SMARTS) is 1. The van der Waals surface area contributed by atoms with Gasteiger partial charge in [-0.2, -0.15) is 0 Å². The highest BCUT2D eigenvalue weighted by Crippen LogP contribution is 2.13. The molecule has 0 aromatic heterocycles. The van der Waals surface area contributed by atoms with Gasteiger partial charge < -0.3 is 54.2 Å². The number of carboxylic acids is 1. The summed E-state index contributed by atoms with van der Waals surface area (Å²) >= 11 is 0. The third kappa shape index (κ3) is 12.2. The van der Waals surface area contributed by atoms with Crippen molar-refractivity contribution in [3.05, 3.63) is 59.7 Å². The number of carbonyl (C=O) groups is 5. The molecular weight excluding hydrogens is 576 g/mol. The quantitative estimate of drug-likeness (QED) is 0.0512. The summed E-state index contributed by atoms with van der Waals surface area (Å²) in [5.74, 6) is -5.05. The lowest BCUT2D eigenvalue weighted by molar-refractivity contribution is -0.142. The zero-order valence-electron chi connectivity index (χ0n) is 23.8. The zero-order valence-corrected chi connectivity index (χ0v) is 23.8. The fourth-order valence-corrected chi connectivity index (χ4v) is 4.05. The normalized spacial score (nSPS) is 13.4. The first-order valence-corrected chi connectivity index (χ1v) is 13.5. The minimum Gasteiger partial charge on any atom is -0.508 e. The molecule has 0 heterocycles. The number of nitrogens with zero attached hydrogens (tertiary/aromatic N) is 1. The van der Waals surface area contributed by atoms with Crippen LogP contribution < -0.4 is 38.9 Å². The number of hydrogen-bond donors (Lipinski definition) is 10. The van der Waals surface area contributed by atoms with Crippen molar-refractivity contribution in [2.24, 2.45) is 27.9 Å². The molecule has 0 radical (unpaired) electrons. The van der Waals surface area contributed by atoms with Crippen molar-refractivity contribution >= 4 is 35.6 Å². The number of nitrogens with one attached hydrogen (secondary N) is 3. The SMILES string of the molecule is NC(=O)CC(NC(=O)C(N)Cc1ccc(O)cc1)C(=O)NC(Cc1ccc(O)cc1)C(=O)NC(CCCN=C(N)N)C(=O)O. The Morgan fingerprint density at radius 3 is 1.68 bits per heavy atom. The van der Waals surface area contributed by atoms with Gasteiger partial charge in [0, 0.05) is 13.0 Å². The maximum absolute atomic E-state index is 13.3. The maximum atomic E-state index is 13.3. The average molecular weight is 615 g/mol. The number of guanidine groups is 1. The van der Waals surface area contributed by atoms with Crippen molar-refractivity contribution in [1.29, 1.82) is 0 Å². The van der Waals surface area contributed by atoms with Crippen molar-refractivity contribution in [3.8, 4) is 11.5 Å². The van der Waals surface area contributed by atoms with E-state index in [9.17, 15) is 39.3 Å². The Morgan fingerprint density at radius 1 is 0.705 bits per heavy atom. The summed E-state index contributed by atoms with van der Waals surface area (Å²) in [5.41, 5.74) is 23.0. The number of carbonyl (C=O) groups excluding carboxylic acids is 4. The molecule has 238 valence electrons. The molecule has 0 aliphatic carbocycles. The second-order valence-corrected chi connectivity index (χ2v) is 9.99. The minimum atomic E-state index is -1.52. The van der Waals surface area contributed by atoms with Crippen LogP contribution in [-0.2, 0) is 36.8 Å². The molecule has 0 fully saturated rings. The number of phenolic OH excluding ortho intramolecular Hbond substituents is 2. The summed E-state index contributed by atoms with van der Waals surface area (Å²) in [5, 5.41) is 35.9. The lowest BCUT2D eigenvalue weighted by Crippen LogP contribution is -2.58. The first kappa shape index (κ1) is 34.8. The molecule has 4 unspecified atom stereocenters. The van der Waals surface area contributed by atoms with Crippen LogP contribution in [0.3, 0.4) is 0 Å². The Bertz CT molecular complexity index is 1330. The van der Waals surface area contributed by atoms with Crippen LogP contribution in [0, 0.1) is 0 Å². The monoisotopic (exact) mass is 614 g/mol. The van der Waals surface area contributed by atoms with Crippen LogP contribution >= 0.6 is 0 Å². The van der Waals surface area contributed by atoms with Gasteiger partial charge in [0.1, 0.15) is 29.6 Å². The fourth-order valence-electron chi connectivity index (χ4n) is 4.05. The predicted octanol–water partition coefficient (Wildman–Crippen LogP) is -2.32. The lowest BCUT2D eigenvalue weighted by Gasteiger charge is -2.25. The Hall–Kier alpha value is -5.38. The van der Waals surface area contributed by atoms with Crippen LogP contribution in [0.25, 0.3) is 0 Å². The standard InChI is InChI=1S/C28H38N8O8/c29-19(12-15-3-7-17(37)8-4-15)24(40)35-22(14-23(30)39)26(42)36-21(13-16-5-9-18(38)10-6-16)25(41)34-20(27(43)44)2-1-11-33-28(31)32/h3-10,19-22,37-38H,1-2,11-14,29H2,(H2,30,39)(H,34,41)(H,35,40)(H,36,42)(H,43,44)(H4,31,32,33). The molecular formula is C28H38N8O8.